The number of carboxylic acid groups (broad SMARTS) is 1. The highest BCUT2D eigenvalue weighted by Crippen LogP contribution is 2.13. The van der Waals surface area contributed by atoms with Gasteiger partial charge in [0, 0.05) is 26.2 Å². The van der Waals surface area contributed by atoms with E-state index in [1.165, 1.54) is 4.57 Å². The van der Waals surface area contributed by atoms with Crippen LogP contribution in [0.4, 0.5) is 0 Å². The van der Waals surface area contributed by atoms with Crippen LogP contribution in [-0.2, 0) is 22.6 Å². The molecule has 3 rings (SSSR count). The minimum Gasteiger partial charge on any atom is -0.480 e. The lowest BCUT2D eigenvalue weighted by atomic mass is 10.3. The molecule has 0 amide bonds. The summed E-state index contributed by atoms with van der Waals surface area (Å²) in [5, 5.41) is 17.4. The molecule has 0 atom stereocenters. The highest BCUT2D eigenvalue weighted by atomic mass is 16.5. The third-order valence-electron chi connectivity index (χ3n) is 4.01. The van der Waals surface area contributed by atoms with E-state index in [0.29, 0.717) is 6.54 Å². The van der Waals surface area contributed by atoms with Crippen LogP contribution in [0.2, 0.25) is 0 Å². The summed E-state index contributed by atoms with van der Waals surface area (Å²) in [6.07, 6.45) is 0. The molecule has 1 aromatic carbocycles. The number of aromatic nitrogens is 2. The van der Waals surface area contributed by atoms with Gasteiger partial charge in [-0.05, 0) is 12.1 Å². The first-order chi connectivity index (χ1) is 10.7. The molecule has 7 heteroatoms. The molecular weight excluding hydrogens is 284 g/mol. The minimum atomic E-state index is -0.936. The lowest BCUT2D eigenvalue weighted by Gasteiger charge is -2.26. The number of para-hydroxylation sites is 2. The van der Waals surface area contributed by atoms with Crippen molar-refractivity contribution in [3.8, 4) is 0 Å². The number of carbonyl (C=O) groups is 1. The average molecular weight is 304 g/mol. The number of nitrogens with zero attached hydrogens (tertiary/aromatic N) is 3. The van der Waals surface area contributed by atoms with E-state index in [2.05, 4.69) is 4.90 Å². The topological polar surface area (TPSA) is 83.5 Å². The molecule has 0 unspecified atom stereocenters. The van der Waals surface area contributed by atoms with Gasteiger partial charge in [0.2, 0.25) is 5.62 Å². The van der Waals surface area contributed by atoms with Crippen molar-refractivity contribution in [1.29, 1.82) is 5.41 Å². The van der Waals surface area contributed by atoms with Crippen molar-refractivity contribution in [2.75, 3.05) is 32.8 Å². The molecule has 118 valence electrons. The highest BCUT2D eigenvalue weighted by Gasteiger charge is 2.15. The lowest BCUT2D eigenvalue weighted by Crippen LogP contribution is -2.39. The maximum Gasteiger partial charge on any atom is 0.323 e. The normalized spacial score (nSPS) is 16.2. The summed E-state index contributed by atoms with van der Waals surface area (Å²) in [5.74, 6) is -0.936. The van der Waals surface area contributed by atoms with E-state index in [1.807, 2.05) is 28.8 Å². The molecule has 2 aromatic rings. The van der Waals surface area contributed by atoms with Crippen LogP contribution in [-0.4, -0.2) is 58.0 Å². The van der Waals surface area contributed by atoms with Crippen molar-refractivity contribution < 1.29 is 14.6 Å². The van der Waals surface area contributed by atoms with Crippen LogP contribution in [0.15, 0.2) is 24.3 Å². The first-order valence-corrected chi connectivity index (χ1v) is 7.41. The van der Waals surface area contributed by atoms with Gasteiger partial charge in [-0.1, -0.05) is 12.1 Å². The van der Waals surface area contributed by atoms with Crippen LogP contribution in [0.3, 0.4) is 0 Å². The van der Waals surface area contributed by atoms with Crippen LogP contribution in [0.25, 0.3) is 11.0 Å². The van der Waals surface area contributed by atoms with Gasteiger partial charge in [-0.15, -0.1) is 0 Å². The van der Waals surface area contributed by atoms with E-state index in [9.17, 15) is 4.79 Å². The second kappa shape index (κ2) is 6.33. The van der Waals surface area contributed by atoms with Gasteiger partial charge < -0.3 is 14.4 Å². The van der Waals surface area contributed by atoms with Crippen LogP contribution < -0.4 is 5.62 Å². The molecule has 0 spiro atoms. The quantitative estimate of drug-likeness (QED) is 0.834. The van der Waals surface area contributed by atoms with Gasteiger partial charge in [0.1, 0.15) is 6.54 Å². The number of benzene rings is 1. The molecule has 22 heavy (non-hydrogen) atoms. The fraction of sp³-hybridized carbons (Fsp3) is 0.467. The van der Waals surface area contributed by atoms with E-state index in [-0.39, 0.29) is 12.2 Å². The number of morpholine rings is 1. The summed E-state index contributed by atoms with van der Waals surface area (Å²) in [6.45, 7) is 4.62. The SMILES string of the molecule is N=c1n(CCN2CCOCC2)c2ccccc2n1CC(=O)O. The molecule has 0 aliphatic carbocycles. The zero-order valence-corrected chi connectivity index (χ0v) is 12.4. The summed E-state index contributed by atoms with van der Waals surface area (Å²) < 4.78 is 8.76. The number of carboxylic acids is 1. The summed E-state index contributed by atoms with van der Waals surface area (Å²) >= 11 is 0. The van der Waals surface area contributed by atoms with E-state index < -0.39 is 5.97 Å². The molecule has 2 N–H and O–H groups in total. The van der Waals surface area contributed by atoms with Crippen molar-refractivity contribution in [2.45, 2.75) is 13.1 Å². The average Bonchev–Trinajstić information content (AvgIpc) is 2.78. The van der Waals surface area contributed by atoms with Crippen LogP contribution in [0.1, 0.15) is 0 Å². The maximum absolute atomic E-state index is 11.0. The first-order valence-electron chi connectivity index (χ1n) is 7.41. The molecule has 1 aliphatic heterocycles. The number of aliphatic carboxylic acids is 1. The van der Waals surface area contributed by atoms with Crippen molar-refractivity contribution in [2.24, 2.45) is 0 Å². The smallest absolute Gasteiger partial charge is 0.323 e. The van der Waals surface area contributed by atoms with Gasteiger partial charge in [0.15, 0.2) is 0 Å². The van der Waals surface area contributed by atoms with Gasteiger partial charge >= 0.3 is 5.97 Å². The monoisotopic (exact) mass is 304 g/mol. The summed E-state index contributed by atoms with van der Waals surface area (Å²) in [4.78, 5) is 13.3. The number of hydrogen-bond donors (Lipinski definition) is 2. The Morgan fingerprint density at radius 2 is 1.77 bits per heavy atom. The molecular formula is C15H20N4O3. The van der Waals surface area contributed by atoms with Crippen LogP contribution >= 0.6 is 0 Å². The van der Waals surface area contributed by atoms with Gasteiger partial charge in [-0.3, -0.25) is 19.7 Å². The van der Waals surface area contributed by atoms with Gasteiger partial charge in [-0.2, -0.15) is 0 Å². The molecule has 1 fully saturated rings. The molecule has 0 radical (unpaired) electrons. The molecule has 0 saturated carbocycles. The Hall–Kier alpha value is -2.12. The van der Waals surface area contributed by atoms with Crippen molar-refractivity contribution >= 4 is 17.0 Å². The Morgan fingerprint density at radius 3 is 2.41 bits per heavy atom. The van der Waals surface area contributed by atoms with Gasteiger partial charge in [-0.25, -0.2) is 0 Å². The largest absolute Gasteiger partial charge is 0.480 e. The maximum atomic E-state index is 11.0. The Bertz CT molecular complexity index is 728. The zero-order chi connectivity index (χ0) is 15.5. The second-order valence-corrected chi connectivity index (χ2v) is 5.40. The number of imidazole rings is 1. The third kappa shape index (κ3) is 2.90. The van der Waals surface area contributed by atoms with E-state index in [1.54, 1.807) is 0 Å². The Balaban J connectivity index is 1.89. The molecule has 2 heterocycles. The van der Waals surface area contributed by atoms with Crippen molar-refractivity contribution in [3.05, 3.63) is 29.9 Å². The molecule has 0 bridgehead atoms. The summed E-state index contributed by atoms with van der Waals surface area (Å²) in [5.41, 5.74) is 1.93. The number of hydrogen-bond acceptors (Lipinski definition) is 4. The van der Waals surface area contributed by atoms with Gasteiger partial charge in [0.05, 0.1) is 24.2 Å². The third-order valence-corrected chi connectivity index (χ3v) is 4.01. The lowest BCUT2D eigenvalue weighted by molar-refractivity contribution is -0.137. The standard InChI is InChI=1S/C15H20N4O3/c16-15-18(6-5-17-7-9-22-10-8-17)12-3-1-2-4-13(12)19(15)11-14(20)21/h1-4,16H,5-11H2,(H,20,21). The Morgan fingerprint density at radius 1 is 1.14 bits per heavy atom. The second-order valence-electron chi connectivity index (χ2n) is 5.40. The fourth-order valence-electron chi connectivity index (χ4n) is 2.88. The van der Waals surface area contributed by atoms with E-state index in [4.69, 9.17) is 15.3 Å². The number of ether oxygens (including phenoxy) is 1. The van der Waals surface area contributed by atoms with Crippen molar-refractivity contribution in [1.82, 2.24) is 14.0 Å². The zero-order valence-electron chi connectivity index (χ0n) is 12.4. The van der Waals surface area contributed by atoms with Crippen LogP contribution in [0, 0.1) is 5.41 Å². The van der Waals surface area contributed by atoms with Crippen molar-refractivity contribution in [3.63, 3.8) is 0 Å². The van der Waals surface area contributed by atoms with E-state index >= 15 is 0 Å². The number of fused-ring (bicyclic) bond motifs is 1. The van der Waals surface area contributed by atoms with Gasteiger partial charge in [0.25, 0.3) is 0 Å². The molecule has 7 nitrogen and oxygen atoms in total. The molecule has 1 saturated heterocycles. The molecule has 1 aliphatic rings. The Kier molecular flexibility index (Phi) is 4.26. The van der Waals surface area contributed by atoms with E-state index in [0.717, 1.165) is 43.9 Å². The summed E-state index contributed by atoms with van der Waals surface area (Å²) in [7, 11) is 0. The summed E-state index contributed by atoms with van der Waals surface area (Å²) in [6, 6.07) is 7.58. The molecule has 1 aromatic heterocycles. The predicted molar refractivity (Wildman–Crippen MR) is 80.7 cm³/mol. The minimum absolute atomic E-state index is 0.191. The fourth-order valence-corrected chi connectivity index (χ4v) is 2.88. The highest BCUT2D eigenvalue weighted by molar-refractivity contribution is 5.78. The predicted octanol–water partition coefficient (Wildman–Crippen LogP) is 0.339. The Labute approximate surface area is 127 Å². The number of nitrogens with one attached hydrogen (secondary N) is 1. The van der Waals surface area contributed by atoms with Crippen LogP contribution in [0.5, 0.6) is 0 Å². The number of rotatable bonds is 5. The first kappa shape index (κ1) is 14.8.